The molecule has 4 N–H and O–H groups in total. The van der Waals surface area contributed by atoms with Crippen LogP contribution in [0, 0.1) is 0 Å². The SMILES string of the molecule is NC(=O)C1(NCCOCCO)CCCCC1. The molecule has 0 heterocycles. The van der Waals surface area contributed by atoms with Crippen LogP contribution in [0.15, 0.2) is 0 Å². The molecule has 5 heteroatoms. The second-order valence-electron chi connectivity index (χ2n) is 4.27. The van der Waals surface area contributed by atoms with E-state index in [-0.39, 0.29) is 12.5 Å². The average molecular weight is 230 g/mol. The van der Waals surface area contributed by atoms with Gasteiger partial charge in [-0.2, -0.15) is 0 Å². The fraction of sp³-hybridized carbons (Fsp3) is 0.909. The Balaban J connectivity index is 2.30. The van der Waals surface area contributed by atoms with Crippen molar-refractivity contribution < 1.29 is 14.6 Å². The summed E-state index contributed by atoms with van der Waals surface area (Å²) in [6, 6.07) is 0. The smallest absolute Gasteiger partial charge is 0.237 e. The Kier molecular flexibility index (Phi) is 5.73. The van der Waals surface area contributed by atoms with Crippen LogP contribution in [0.1, 0.15) is 32.1 Å². The molecule has 0 aliphatic heterocycles. The van der Waals surface area contributed by atoms with E-state index in [2.05, 4.69) is 5.32 Å². The predicted molar refractivity (Wildman–Crippen MR) is 60.9 cm³/mol. The highest BCUT2D eigenvalue weighted by Crippen LogP contribution is 2.27. The average Bonchev–Trinajstić information content (AvgIpc) is 2.30. The second-order valence-corrected chi connectivity index (χ2v) is 4.27. The van der Waals surface area contributed by atoms with Gasteiger partial charge in [-0.05, 0) is 12.8 Å². The number of primary amides is 1. The summed E-state index contributed by atoms with van der Waals surface area (Å²) in [7, 11) is 0. The van der Waals surface area contributed by atoms with Gasteiger partial charge in [-0.25, -0.2) is 0 Å². The van der Waals surface area contributed by atoms with E-state index >= 15 is 0 Å². The lowest BCUT2D eigenvalue weighted by Gasteiger charge is -2.35. The van der Waals surface area contributed by atoms with Crippen molar-refractivity contribution in [3.63, 3.8) is 0 Å². The zero-order chi connectivity index (χ0) is 11.9. The van der Waals surface area contributed by atoms with E-state index < -0.39 is 5.54 Å². The molecule has 0 spiro atoms. The summed E-state index contributed by atoms with van der Waals surface area (Å²) < 4.78 is 5.13. The van der Waals surface area contributed by atoms with E-state index in [1.165, 1.54) is 6.42 Å². The van der Waals surface area contributed by atoms with Crippen molar-refractivity contribution in [2.24, 2.45) is 5.73 Å². The number of aliphatic hydroxyl groups is 1. The number of hydrogen-bond acceptors (Lipinski definition) is 4. The molecule has 1 saturated carbocycles. The Morgan fingerprint density at radius 1 is 1.31 bits per heavy atom. The number of nitrogens with one attached hydrogen (secondary N) is 1. The first-order chi connectivity index (χ1) is 7.71. The summed E-state index contributed by atoms with van der Waals surface area (Å²) in [5, 5.41) is 11.7. The number of carbonyl (C=O) groups excluding carboxylic acids is 1. The van der Waals surface area contributed by atoms with Gasteiger partial charge in [0.15, 0.2) is 0 Å². The molecule has 0 aromatic rings. The molecule has 5 nitrogen and oxygen atoms in total. The van der Waals surface area contributed by atoms with Crippen LogP contribution in [0.25, 0.3) is 0 Å². The van der Waals surface area contributed by atoms with Crippen LogP contribution < -0.4 is 11.1 Å². The van der Waals surface area contributed by atoms with Crippen molar-refractivity contribution in [1.82, 2.24) is 5.32 Å². The number of amides is 1. The van der Waals surface area contributed by atoms with E-state index in [4.69, 9.17) is 15.6 Å². The van der Waals surface area contributed by atoms with Gasteiger partial charge < -0.3 is 20.9 Å². The first-order valence-electron chi connectivity index (χ1n) is 5.95. The maximum Gasteiger partial charge on any atom is 0.237 e. The first-order valence-corrected chi connectivity index (χ1v) is 5.95. The fourth-order valence-corrected chi connectivity index (χ4v) is 2.19. The zero-order valence-electron chi connectivity index (χ0n) is 9.71. The van der Waals surface area contributed by atoms with E-state index in [0.29, 0.717) is 19.8 Å². The quantitative estimate of drug-likeness (QED) is 0.528. The molecule has 0 unspecified atom stereocenters. The second kappa shape index (κ2) is 6.83. The fourth-order valence-electron chi connectivity index (χ4n) is 2.19. The maximum atomic E-state index is 11.5. The minimum atomic E-state index is -0.527. The number of rotatable bonds is 7. The zero-order valence-corrected chi connectivity index (χ0v) is 9.71. The molecule has 0 atom stereocenters. The molecule has 0 aromatic heterocycles. The number of aliphatic hydroxyl groups excluding tert-OH is 1. The molecular formula is C11H22N2O3. The lowest BCUT2D eigenvalue weighted by molar-refractivity contribution is -0.125. The van der Waals surface area contributed by atoms with E-state index in [1.807, 2.05) is 0 Å². The van der Waals surface area contributed by atoms with Gasteiger partial charge in [0.2, 0.25) is 5.91 Å². The third-order valence-electron chi connectivity index (χ3n) is 3.12. The molecule has 1 aliphatic carbocycles. The molecule has 1 fully saturated rings. The number of carbonyl (C=O) groups is 1. The normalized spacial score (nSPS) is 19.6. The number of nitrogens with two attached hydrogens (primary N) is 1. The van der Waals surface area contributed by atoms with Crippen LogP contribution in [0.3, 0.4) is 0 Å². The summed E-state index contributed by atoms with van der Waals surface area (Å²) >= 11 is 0. The van der Waals surface area contributed by atoms with Crippen LogP contribution in [0.4, 0.5) is 0 Å². The van der Waals surface area contributed by atoms with Gasteiger partial charge in [0.05, 0.1) is 25.4 Å². The van der Waals surface area contributed by atoms with Crippen molar-refractivity contribution in [2.45, 2.75) is 37.6 Å². The Morgan fingerprint density at radius 3 is 2.56 bits per heavy atom. The lowest BCUT2D eigenvalue weighted by Crippen LogP contribution is -2.57. The van der Waals surface area contributed by atoms with Crippen LogP contribution in [-0.2, 0) is 9.53 Å². The highest BCUT2D eigenvalue weighted by atomic mass is 16.5. The van der Waals surface area contributed by atoms with Crippen LogP contribution >= 0.6 is 0 Å². The van der Waals surface area contributed by atoms with Gasteiger partial charge in [-0.1, -0.05) is 19.3 Å². The Hall–Kier alpha value is -0.650. The first kappa shape index (κ1) is 13.4. The lowest BCUT2D eigenvalue weighted by atomic mass is 9.81. The van der Waals surface area contributed by atoms with Gasteiger partial charge in [0.25, 0.3) is 0 Å². The minimum absolute atomic E-state index is 0.0287. The van der Waals surface area contributed by atoms with E-state index in [9.17, 15) is 4.79 Å². The topological polar surface area (TPSA) is 84.6 Å². The Morgan fingerprint density at radius 2 is 2.00 bits per heavy atom. The summed E-state index contributed by atoms with van der Waals surface area (Å²) in [4.78, 5) is 11.5. The monoisotopic (exact) mass is 230 g/mol. The summed E-state index contributed by atoms with van der Waals surface area (Å²) in [6.45, 7) is 1.46. The van der Waals surface area contributed by atoms with Gasteiger partial charge in [0, 0.05) is 6.54 Å². The van der Waals surface area contributed by atoms with E-state index in [0.717, 1.165) is 25.7 Å². The standard InChI is InChI=1S/C11H22N2O3/c12-10(15)11(4-2-1-3-5-11)13-6-8-16-9-7-14/h13-14H,1-9H2,(H2,12,15). The minimum Gasteiger partial charge on any atom is -0.394 e. The molecular weight excluding hydrogens is 208 g/mol. The Bertz CT molecular complexity index is 215. The van der Waals surface area contributed by atoms with Crippen molar-refractivity contribution in [3.8, 4) is 0 Å². The molecule has 94 valence electrons. The van der Waals surface area contributed by atoms with Crippen molar-refractivity contribution >= 4 is 5.91 Å². The highest BCUT2D eigenvalue weighted by molar-refractivity contribution is 5.84. The molecule has 0 bridgehead atoms. The van der Waals surface area contributed by atoms with Crippen LogP contribution in [0.2, 0.25) is 0 Å². The summed E-state index contributed by atoms with van der Waals surface area (Å²) in [6.07, 6.45) is 4.92. The van der Waals surface area contributed by atoms with Crippen LogP contribution in [-0.4, -0.2) is 42.9 Å². The molecule has 16 heavy (non-hydrogen) atoms. The molecule has 0 aromatic carbocycles. The molecule has 1 amide bonds. The molecule has 0 radical (unpaired) electrons. The van der Waals surface area contributed by atoms with Gasteiger partial charge >= 0.3 is 0 Å². The Labute approximate surface area is 96.3 Å². The summed E-state index contributed by atoms with van der Waals surface area (Å²) in [5.74, 6) is -0.255. The third-order valence-corrected chi connectivity index (χ3v) is 3.12. The predicted octanol–water partition coefficient (Wildman–Crippen LogP) is -0.227. The molecule has 1 rings (SSSR count). The van der Waals surface area contributed by atoms with Crippen molar-refractivity contribution in [3.05, 3.63) is 0 Å². The van der Waals surface area contributed by atoms with Gasteiger partial charge in [0.1, 0.15) is 0 Å². The van der Waals surface area contributed by atoms with Crippen LogP contribution in [0.5, 0.6) is 0 Å². The van der Waals surface area contributed by atoms with Crippen molar-refractivity contribution in [1.29, 1.82) is 0 Å². The molecule has 0 saturated heterocycles. The maximum absolute atomic E-state index is 11.5. The van der Waals surface area contributed by atoms with Gasteiger partial charge in [-0.15, -0.1) is 0 Å². The third kappa shape index (κ3) is 3.73. The van der Waals surface area contributed by atoms with E-state index in [1.54, 1.807) is 0 Å². The molecule has 1 aliphatic rings. The van der Waals surface area contributed by atoms with Gasteiger partial charge in [-0.3, -0.25) is 4.79 Å². The van der Waals surface area contributed by atoms with Crippen molar-refractivity contribution in [2.75, 3.05) is 26.4 Å². The largest absolute Gasteiger partial charge is 0.394 e. The number of hydrogen-bond donors (Lipinski definition) is 3. The summed E-state index contributed by atoms with van der Waals surface area (Å²) in [5.41, 5.74) is 4.93. The number of ether oxygens (including phenoxy) is 1. The highest BCUT2D eigenvalue weighted by Gasteiger charge is 2.36.